The van der Waals surface area contributed by atoms with Gasteiger partial charge in [-0.15, -0.1) is 0 Å². The van der Waals surface area contributed by atoms with Gasteiger partial charge in [0, 0.05) is 35.8 Å². The van der Waals surface area contributed by atoms with Gasteiger partial charge in [0.1, 0.15) is 16.7 Å². The first-order valence-corrected chi connectivity index (χ1v) is 6.96. The van der Waals surface area contributed by atoms with Crippen LogP contribution in [0.15, 0.2) is 40.5 Å². The van der Waals surface area contributed by atoms with Gasteiger partial charge in [0.25, 0.3) is 0 Å². The molecule has 0 aliphatic rings. The maximum absolute atomic E-state index is 4.64. The van der Waals surface area contributed by atoms with Crippen molar-refractivity contribution < 1.29 is 0 Å². The monoisotopic (exact) mass is 274 g/mol. The summed E-state index contributed by atoms with van der Waals surface area (Å²) in [6.07, 6.45) is 3.57. The lowest BCUT2D eigenvalue weighted by Gasteiger charge is -2.18. The average Bonchev–Trinajstić information content (AvgIpc) is 2.38. The van der Waals surface area contributed by atoms with Crippen LogP contribution in [0.1, 0.15) is 26.6 Å². The second kappa shape index (κ2) is 5.57. The molecule has 0 amide bonds. The van der Waals surface area contributed by atoms with Crippen molar-refractivity contribution in [2.24, 2.45) is 0 Å². The van der Waals surface area contributed by atoms with Crippen LogP contribution in [0.3, 0.4) is 0 Å². The van der Waals surface area contributed by atoms with Crippen LogP contribution in [0, 0.1) is 0 Å². The van der Waals surface area contributed by atoms with E-state index in [0.717, 1.165) is 21.6 Å². The van der Waals surface area contributed by atoms with Crippen molar-refractivity contribution in [3.8, 4) is 0 Å². The first-order valence-electron chi connectivity index (χ1n) is 6.14. The van der Waals surface area contributed by atoms with Crippen LogP contribution < -0.4 is 5.32 Å². The minimum atomic E-state index is -0.0690. The maximum atomic E-state index is 4.64. The van der Waals surface area contributed by atoms with Crippen LogP contribution in [-0.2, 0) is 5.41 Å². The summed E-state index contributed by atoms with van der Waals surface area (Å²) < 4.78 is 0. The molecule has 0 spiro atoms. The Kier molecular flexibility index (Phi) is 4.04. The topological polar surface area (TPSA) is 50.7 Å². The van der Waals surface area contributed by atoms with E-state index in [1.165, 1.54) is 0 Å². The fraction of sp³-hybridized carbons (Fsp3) is 0.357. The second-order valence-electron chi connectivity index (χ2n) is 5.20. The molecule has 5 heteroatoms. The molecule has 0 unspecified atom stereocenters. The van der Waals surface area contributed by atoms with Crippen LogP contribution >= 0.6 is 11.8 Å². The molecule has 0 saturated carbocycles. The van der Waals surface area contributed by atoms with Crippen LogP contribution in [0.5, 0.6) is 0 Å². The number of anilines is 1. The number of hydrogen-bond donors (Lipinski definition) is 1. The predicted octanol–water partition coefficient (Wildman–Crippen LogP) is 3.36. The number of rotatable bonds is 3. The largest absolute Gasteiger partial charge is 0.373 e. The molecule has 0 radical (unpaired) electrons. The third-order valence-electron chi connectivity index (χ3n) is 2.50. The van der Waals surface area contributed by atoms with Gasteiger partial charge in [0.2, 0.25) is 0 Å². The zero-order valence-corrected chi connectivity index (χ0v) is 12.5. The number of pyridine rings is 1. The first-order chi connectivity index (χ1) is 8.99. The summed E-state index contributed by atoms with van der Waals surface area (Å²) in [6, 6.07) is 5.91. The van der Waals surface area contributed by atoms with Crippen molar-refractivity contribution in [1.82, 2.24) is 15.0 Å². The van der Waals surface area contributed by atoms with Crippen LogP contribution in [0.4, 0.5) is 5.82 Å². The van der Waals surface area contributed by atoms with Crippen LogP contribution in [0.25, 0.3) is 0 Å². The zero-order chi connectivity index (χ0) is 13.9. The highest BCUT2D eigenvalue weighted by molar-refractivity contribution is 7.99. The zero-order valence-electron chi connectivity index (χ0n) is 11.6. The Balaban J connectivity index is 2.35. The summed E-state index contributed by atoms with van der Waals surface area (Å²) in [4.78, 5) is 14.3. The van der Waals surface area contributed by atoms with E-state index >= 15 is 0 Å². The van der Waals surface area contributed by atoms with E-state index in [-0.39, 0.29) is 5.41 Å². The second-order valence-corrected chi connectivity index (χ2v) is 6.29. The summed E-state index contributed by atoms with van der Waals surface area (Å²) in [6.45, 7) is 6.34. The van der Waals surface area contributed by atoms with Gasteiger partial charge in [0.15, 0.2) is 0 Å². The molecule has 0 aromatic carbocycles. The molecule has 0 fully saturated rings. The molecular weight excluding hydrogens is 256 g/mol. The minimum Gasteiger partial charge on any atom is -0.373 e. The van der Waals surface area contributed by atoms with E-state index in [1.807, 2.05) is 25.2 Å². The molecular formula is C14H18N4S. The number of hydrogen-bond acceptors (Lipinski definition) is 5. The number of aromatic nitrogens is 3. The van der Waals surface area contributed by atoms with Gasteiger partial charge >= 0.3 is 0 Å². The van der Waals surface area contributed by atoms with Gasteiger partial charge in [-0.1, -0.05) is 32.5 Å². The molecule has 0 atom stereocenters. The Hall–Kier alpha value is -1.62. The lowest BCUT2D eigenvalue weighted by atomic mass is 9.96. The van der Waals surface area contributed by atoms with Crippen molar-refractivity contribution in [3.05, 3.63) is 36.4 Å². The van der Waals surface area contributed by atoms with E-state index in [4.69, 9.17) is 0 Å². The van der Waals surface area contributed by atoms with Crippen molar-refractivity contribution in [2.45, 2.75) is 36.1 Å². The lowest BCUT2D eigenvalue weighted by Crippen LogP contribution is -2.17. The van der Waals surface area contributed by atoms with E-state index in [9.17, 15) is 0 Å². The molecule has 4 nitrogen and oxygen atoms in total. The quantitative estimate of drug-likeness (QED) is 0.870. The van der Waals surface area contributed by atoms with Gasteiger partial charge in [0.05, 0.1) is 0 Å². The Morgan fingerprint density at radius 2 is 1.79 bits per heavy atom. The molecule has 0 aliphatic heterocycles. The van der Waals surface area contributed by atoms with E-state index in [2.05, 4.69) is 41.0 Å². The molecule has 19 heavy (non-hydrogen) atoms. The highest BCUT2D eigenvalue weighted by atomic mass is 32.2. The minimum absolute atomic E-state index is 0.0690. The highest BCUT2D eigenvalue weighted by Crippen LogP contribution is 2.29. The van der Waals surface area contributed by atoms with Crippen molar-refractivity contribution in [3.63, 3.8) is 0 Å². The van der Waals surface area contributed by atoms with Gasteiger partial charge in [-0.05, 0) is 12.1 Å². The molecule has 1 N–H and O–H groups in total. The Bertz CT molecular complexity index is 549. The Labute approximate surface area is 118 Å². The number of nitrogens with zero attached hydrogens (tertiary/aromatic N) is 3. The molecule has 0 saturated heterocycles. The fourth-order valence-electron chi connectivity index (χ4n) is 1.47. The average molecular weight is 274 g/mol. The van der Waals surface area contributed by atoms with Crippen molar-refractivity contribution in [1.29, 1.82) is 0 Å². The highest BCUT2D eigenvalue weighted by Gasteiger charge is 2.19. The third kappa shape index (κ3) is 3.67. The van der Waals surface area contributed by atoms with Gasteiger partial charge in [-0.25, -0.2) is 9.97 Å². The summed E-state index contributed by atoms with van der Waals surface area (Å²) in [5.74, 6) is 1.69. The van der Waals surface area contributed by atoms with Crippen molar-refractivity contribution in [2.75, 3.05) is 12.4 Å². The van der Waals surface area contributed by atoms with Crippen LogP contribution in [0.2, 0.25) is 0 Å². The predicted molar refractivity (Wildman–Crippen MR) is 78.6 cm³/mol. The number of nitrogens with one attached hydrogen (secondary N) is 1. The lowest BCUT2D eigenvalue weighted by molar-refractivity contribution is 0.539. The van der Waals surface area contributed by atoms with Crippen molar-refractivity contribution >= 4 is 17.6 Å². The van der Waals surface area contributed by atoms with E-state index < -0.39 is 0 Å². The Morgan fingerprint density at radius 1 is 1.11 bits per heavy atom. The summed E-state index contributed by atoms with van der Waals surface area (Å²) in [5, 5.41) is 4.03. The summed E-state index contributed by atoms with van der Waals surface area (Å²) in [7, 11) is 1.87. The van der Waals surface area contributed by atoms with E-state index in [0.29, 0.717) is 0 Å². The standard InChI is InChI=1S/C14H18N4S/c1-14(2,3)13-17-11(15-4)9-12(18-13)19-10-5-7-16-8-6-10/h5-9H,1-4H3,(H,15,17,18). The van der Waals surface area contributed by atoms with Crippen LogP contribution in [-0.4, -0.2) is 22.0 Å². The van der Waals surface area contributed by atoms with Gasteiger partial charge in [-0.3, -0.25) is 4.98 Å². The molecule has 2 rings (SSSR count). The Morgan fingerprint density at radius 3 is 2.37 bits per heavy atom. The smallest absolute Gasteiger partial charge is 0.137 e. The third-order valence-corrected chi connectivity index (χ3v) is 3.43. The summed E-state index contributed by atoms with van der Waals surface area (Å²) in [5.41, 5.74) is -0.0690. The van der Waals surface area contributed by atoms with E-state index in [1.54, 1.807) is 24.2 Å². The molecule has 2 aromatic heterocycles. The molecule has 0 bridgehead atoms. The molecule has 2 aromatic rings. The fourth-order valence-corrected chi connectivity index (χ4v) is 2.27. The maximum Gasteiger partial charge on any atom is 0.137 e. The van der Waals surface area contributed by atoms with Gasteiger partial charge in [-0.2, -0.15) is 0 Å². The SMILES string of the molecule is CNc1cc(Sc2ccncc2)nc(C(C)(C)C)n1. The first kappa shape index (κ1) is 13.8. The summed E-state index contributed by atoms with van der Waals surface area (Å²) >= 11 is 1.62. The van der Waals surface area contributed by atoms with Gasteiger partial charge < -0.3 is 5.32 Å². The molecule has 100 valence electrons. The molecule has 2 heterocycles. The molecule has 0 aliphatic carbocycles. The normalized spacial score (nSPS) is 11.4.